The van der Waals surface area contributed by atoms with Gasteiger partial charge in [-0.2, -0.15) is 26.3 Å². The van der Waals surface area contributed by atoms with Gasteiger partial charge < -0.3 is 14.8 Å². The van der Waals surface area contributed by atoms with Crippen molar-refractivity contribution >= 4 is 34.1 Å². The summed E-state index contributed by atoms with van der Waals surface area (Å²) in [5.74, 6) is 0.248. The van der Waals surface area contributed by atoms with Gasteiger partial charge in [-0.1, -0.05) is 6.07 Å². The third-order valence-corrected chi connectivity index (χ3v) is 6.56. The highest BCUT2D eigenvalue weighted by Gasteiger charge is 2.36. The standard InChI is InChI=1S/C22H17F6N5S/c23-21(24,25)13-11-14(17-4-2-10-34-17)18-16(12-13)30-20(31-18)33-8-6-32(7-9-33)19-15(22(26,27)28)3-1-5-29-19/h1-5,10-12H,6-9H2,(H,30,31). The number of nitrogens with one attached hydrogen (secondary N) is 1. The summed E-state index contributed by atoms with van der Waals surface area (Å²) in [7, 11) is 0. The van der Waals surface area contributed by atoms with Crippen LogP contribution in [-0.4, -0.2) is 41.1 Å². The van der Waals surface area contributed by atoms with E-state index in [0.29, 0.717) is 35.0 Å². The van der Waals surface area contributed by atoms with Crippen LogP contribution in [-0.2, 0) is 12.4 Å². The van der Waals surface area contributed by atoms with Crippen molar-refractivity contribution in [2.75, 3.05) is 36.0 Å². The second-order valence-electron chi connectivity index (χ2n) is 7.80. The Morgan fingerprint density at radius 2 is 1.62 bits per heavy atom. The largest absolute Gasteiger partial charge is 0.419 e. The lowest BCUT2D eigenvalue weighted by molar-refractivity contribution is -0.138. The Bertz CT molecular complexity index is 1300. The molecule has 4 heterocycles. The van der Waals surface area contributed by atoms with E-state index in [1.807, 2.05) is 4.90 Å². The number of hydrogen-bond donors (Lipinski definition) is 1. The molecule has 0 amide bonds. The third kappa shape index (κ3) is 4.17. The highest BCUT2D eigenvalue weighted by Crippen LogP contribution is 2.39. The van der Waals surface area contributed by atoms with E-state index in [1.54, 1.807) is 22.4 Å². The van der Waals surface area contributed by atoms with Crippen LogP contribution in [0.5, 0.6) is 0 Å². The normalized spacial score (nSPS) is 15.4. The maximum absolute atomic E-state index is 13.5. The molecule has 0 bridgehead atoms. The Kier molecular flexibility index (Phi) is 5.42. The lowest BCUT2D eigenvalue weighted by Crippen LogP contribution is -2.47. The molecule has 1 saturated heterocycles. The first-order chi connectivity index (χ1) is 16.1. The third-order valence-electron chi connectivity index (χ3n) is 5.66. The first kappa shape index (κ1) is 22.5. The van der Waals surface area contributed by atoms with E-state index >= 15 is 0 Å². The van der Waals surface area contributed by atoms with Crippen LogP contribution in [0.3, 0.4) is 0 Å². The molecule has 3 aromatic heterocycles. The number of fused-ring (bicyclic) bond motifs is 1. The van der Waals surface area contributed by atoms with Crippen LogP contribution < -0.4 is 9.80 Å². The van der Waals surface area contributed by atoms with Crippen LogP contribution >= 0.6 is 11.3 Å². The predicted octanol–water partition coefficient (Wildman–Crippen LogP) is 6.05. The molecule has 5 rings (SSSR count). The fraction of sp³-hybridized carbons (Fsp3) is 0.273. The molecular weight excluding hydrogens is 480 g/mol. The zero-order valence-electron chi connectivity index (χ0n) is 17.4. The summed E-state index contributed by atoms with van der Waals surface area (Å²) in [6.45, 7) is 1.16. The maximum atomic E-state index is 13.5. The number of halogens is 6. The molecule has 1 aromatic carbocycles. The molecule has 0 radical (unpaired) electrons. The van der Waals surface area contributed by atoms with Gasteiger partial charge in [0.25, 0.3) is 0 Å². The van der Waals surface area contributed by atoms with Gasteiger partial charge in [-0.3, -0.25) is 0 Å². The van der Waals surface area contributed by atoms with Gasteiger partial charge >= 0.3 is 12.4 Å². The van der Waals surface area contributed by atoms with Crippen LogP contribution in [0.1, 0.15) is 11.1 Å². The van der Waals surface area contributed by atoms with E-state index in [9.17, 15) is 26.3 Å². The number of aromatic amines is 1. The highest BCUT2D eigenvalue weighted by molar-refractivity contribution is 7.13. The van der Waals surface area contributed by atoms with Crippen molar-refractivity contribution in [3.8, 4) is 10.4 Å². The summed E-state index contributed by atoms with van der Waals surface area (Å²) >= 11 is 1.32. The number of pyridine rings is 1. The first-order valence-corrected chi connectivity index (χ1v) is 11.2. The van der Waals surface area contributed by atoms with Crippen molar-refractivity contribution in [3.63, 3.8) is 0 Å². The van der Waals surface area contributed by atoms with Crippen LogP contribution in [0.15, 0.2) is 48.0 Å². The summed E-state index contributed by atoms with van der Waals surface area (Å²) < 4.78 is 80.5. The van der Waals surface area contributed by atoms with Gasteiger partial charge in [-0.15, -0.1) is 11.3 Å². The molecule has 0 atom stereocenters. The molecule has 1 N–H and O–H groups in total. The number of thiophene rings is 1. The molecule has 1 aliphatic heterocycles. The monoisotopic (exact) mass is 497 g/mol. The van der Waals surface area contributed by atoms with Gasteiger partial charge in [0.15, 0.2) is 0 Å². The zero-order chi connectivity index (χ0) is 24.1. The molecule has 4 aromatic rings. The lowest BCUT2D eigenvalue weighted by atomic mass is 10.1. The summed E-state index contributed by atoms with van der Waals surface area (Å²) in [4.78, 5) is 15.5. The van der Waals surface area contributed by atoms with E-state index in [-0.39, 0.29) is 24.4 Å². The molecule has 5 nitrogen and oxygen atoms in total. The number of aromatic nitrogens is 3. The van der Waals surface area contributed by atoms with Crippen LogP contribution in [0.2, 0.25) is 0 Å². The zero-order valence-corrected chi connectivity index (χ0v) is 18.2. The average Bonchev–Trinajstić information content (AvgIpc) is 3.47. The fourth-order valence-electron chi connectivity index (χ4n) is 4.04. The molecule has 0 aliphatic carbocycles. The van der Waals surface area contributed by atoms with Gasteiger partial charge in [0, 0.05) is 42.8 Å². The Morgan fingerprint density at radius 1 is 0.882 bits per heavy atom. The molecule has 12 heteroatoms. The van der Waals surface area contributed by atoms with E-state index in [1.165, 1.54) is 23.6 Å². The molecule has 178 valence electrons. The van der Waals surface area contributed by atoms with Crippen LogP contribution in [0.4, 0.5) is 38.1 Å². The van der Waals surface area contributed by atoms with E-state index < -0.39 is 23.5 Å². The van der Waals surface area contributed by atoms with Crippen molar-refractivity contribution in [2.24, 2.45) is 0 Å². The van der Waals surface area contributed by atoms with Gasteiger partial charge in [0.1, 0.15) is 5.82 Å². The molecular formula is C22H17F6N5S. The predicted molar refractivity (Wildman–Crippen MR) is 118 cm³/mol. The number of alkyl halides is 6. The molecule has 0 unspecified atom stereocenters. The first-order valence-electron chi connectivity index (χ1n) is 10.3. The smallest absolute Gasteiger partial charge is 0.353 e. The van der Waals surface area contributed by atoms with Crippen molar-refractivity contribution < 1.29 is 26.3 Å². The lowest BCUT2D eigenvalue weighted by Gasteiger charge is -2.36. The fourth-order valence-corrected chi connectivity index (χ4v) is 4.78. The Labute approximate surface area is 193 Å². The van der Waals surface area contributed by atoms with Crippen LogP contribution in [0.25, 0.3) is 21.5 Å². The van der Waals surface area contributed by atoms with Crippen molar-refractivity contribution in [1.29, 1.82) is 0 Å². The minimum absolute atomic E-state index is 0.131. The summed E-state index contributed by atoms with van der Waals surface area (Å²) in [6.07, 6.45) is -7.72. The molecule has 0 saturated carbocycles. The minimum atomic E-state index is -4.52. The second kappa shape index (κ2) is 8.19. The van der Waals surface area contributed by atoms with Gasteiger partial charge in [0.05, 0.1) is 22.2 Å². The minimum Gasteiger partial charge on any atom is -0.353 e. The number of imidazole rings is 1. The van der Waals surface area contributed by atoms with Crippen LogP contribution in [0, 0.1) is 0 Å². The van der Waals surface area contributed by atoms with Crippen molar-refractivity contribution in [2.45, 2.75) is 12.4 Å². The molecule has 1 aliphatic rings. The molecule has 34 heavy (non-hydrogen) atoms. The number of anilines is 2. The van der Waals surface area contributed by atoms with E-state index in [4.69, 9.17) is 0 Å². The Morgan fingerprint density at radius 3 is 2.26 bits per heavy atom. The number of H-pyrrole nitrogens is 1. The van der Waals surface area contributed by atoms with Crippen molar-refractivity contribution in [1.82, 2.24) is 15.0 Å². The average molecular weight is 497 g/mol. The topological polar surface area (TPSA) is 48.1 Å². The SMILES string of the molecule is FC(F)(F)c1cc(-c2cccs2)c2nc(N3CCN(c4ncccc4C(F)(F)F)CC3)[nH]c2c1. The van der Waals surface area contributed by atoms with Gasteiger partial charge in [-0.25, -0.2) is 9.97 Å². The van der Waals surface area contributed by atoms with E-state index in [2.05, 4.69) is 15.0 Å². The summed E-state index contributed by atoms with van der Waals surface area (Å²) in [5.41, 5.74) is -0.535. The van der Waals surface area contributed by atoms with Crippen molar-refractivity contribution in [3.05, 3.63) is 59.1 Å². The van der Waals surface area contributed by atoms with E-state index in [0.717, 1.165) is 18.2 Å². The highest BCUT2D eigenvalue weighted by atomic mass is 32.1. The molecule has 0 spiro atoms. The Hall–Kier alpha value is -3.28. The Balaban J connectivity index is 1.44. The molecule has 1 fully saturated rings. The number of hydrogen-bond acceptors (Lipinski definition) is 5. The van der Waals surface area contributed by atoms with Gasteiger partial charge in [0.2, 0.25) is 5.95 Å². The summed E-state index contributed by atoms with van der Waals surface area (Å²) in [6, 6.07) is 7.86. The maximum Gasteiger partial charge on any atom is 0.419 e. The summed E-state index contributed by atoms with van der Waals surface area (Å²) in [5, 5.41) is 1.78. The number of benzene rings is 1. The quantitative estimate of drug-likeness (QED) is 0.350. The number of piperazine rings is 1. The number of rotatable bonds is 3. The second-order valence-corrected chi connectivity index (χ2v) is 8.75. The van der Waals surface area contributed by atoms with Gasteiger partial charge in [-0.05, 0) is 35.7 Å². The number of nitrogens with zero attached hydrogens (tertiary/aromatic N) is 4.